The Bertz CT molecular complexity index is 1280. The highest BCUT2D eigenvalue weighted by Crippen LogP contribution is 2.30. The van der Waals surface area contributed by atoms with Gasteiger partial charge in [0.1, 0.15) is 5.82 Å². The molecule has 1 atom stereocenters. The van der Waals surface area contributed by atoms with E-state index in [1.54, 1.807) is 30.0 Å². The minimum absolute atomic E-state index is 0.191. The Balaban J connectivity index is 1.31. The summed E-state index contributed by atoms with van der Waals surface area (Å²) in [6, 6.07) is 20.7. The van der Waals surface area contributed by atoms with E-state index in [1.807, 2.05) is 42.5 Å². The maximum absolute atomic E-state index is 13.3. The van der Waals surface area contributed by atoms with E-state index in [-0.39, 0.29) is 11.9 Å². The number of piperazine rings is 1. The Kier molecular flexibility index (Phi) is 10.9. The van der Waals surface area contributed by atoms with Gasteiger partial charge in [-0.3, -0.25) is 14.8 Å². The average molecular weight is 581 g/mol. The van der Waals surface area contributed by atoms with Gasteiger partial charge in [-0.05, 0) is 61.7 Å². The van der Waals surface area contributed by atoms with E-state index in [2.05, 4.69) is 51.3 Å². The number of nitrogens with zero attached hydrogens (tertiary/aromatic N) is 4. The van der Waals surface area contributed by atoms with Crippen LogP contribution >= 0.6 is 23.4 Å². The first-order chi connectivity index (χ1) is 19.3. The summed E-state index contributed by atoms with van der Waals surface area (Å²) in [6.07, 6.45) is 0. The van der Waals surface area contributed by atoms with Crippen molar-refractivity contribution < 1.29 is 4.39 Å². The zero-order valence-corrected chi connectivity index (χ0v) is 24.6. The van der Waals surface area contributed by atoms with Crippen molar-refractivity contribution in [2.24, 2.45) is 4.99 Å². The summed E-state index contributed by atoms with van der Waals surface area (Å²) in [7, 11) is 0. The molecule has 9 heteroatoms. The number of para-hydroxylation sites is 2. The molecule has 0 radical (unpaired) electrons. The molecule has 1 saturated heterocycles. The Labute approximate surface area is 246 Å². The van der Waals surface area contributed by atoms with Crippen LogP contribution in [0.5, 0.6) is 0 Å². The van der Waals surface area contributed by atoms with Gasteiger partial charge in [-0.15, -0.1) is 11.8 Å². The Morgan fingerprint density at radius 3 is 2.55 bits per heavy atom. The molecule has 1 fully saturated rings. The monoisotopic (exact) mass is 580 g/mol. The fourth-order valence-corrected chi connectivity index (χ4v) is 5.98. The van der Waals surface area contributed by atoms with E-state index in [0.717, 1.165) is 79.2 Å². The summed E-state index contributed by atoms with van der Waals surface area (Å²) in [5.41, 5.74) is 11.2. The van der Waals surface area contributed by atoms with Crippen LogP contribution in [0.2, 0.25) is 5.02 Å². The van der Waals surface area contributed by atoms with Gasteiger partial charge in [0.05, 0.1) is 28.0 Å². The van der Waals surface area contributed by atoms with Crippen molar-refractivity contribution in [1.29, 1.82) is 0 Å². The van der Waals surface area contributed by atoms with Gasteiger partial charge in [-0.25, -0.2) is 4.39 Å². The summed E-state index contributed by atoms with van der Waals surface area (Å²) < 4.78 is 13.3. The minimum atomic E-state index is -0.191. The van der Waals surface area contributed by atoms with Crippen LogP contribution in [0, 0.1) is 5.82 Å². The molecule has 40 heavy (non-hydrogen) atoms. The van der Waals surface area contributed by atoms with Crippen molar-refractivity contribution in [3.05, 3.63) is 95.4 Å². The third-order valence-electron chi connectivity index (χ3n) is 7.21. The molecular weight excluding hydrogens is 543 g/mol. The van der Waals surface area contributed by atoms with Gasteiger partial charge >= 0.3 is 0 Å². The summed E-state index contributed by atoms with van der Waals surface area (Å²) in [5.74, 6) is 1.31. The number of rotatable bonds is 13. The van der Waals surface area contributed by atoms with Gasteiger partial charge in [0.2, 0.25) is 0 Å². The van der Waals surface area contributed by atoms with Crippen LogP contribution in [0.3, 0.4) is 0 Å². The topological polar surface area (TPSA) is 60.1 Å². The largest absolute Gasteiger partial charge is 0.399 e. The SMILES string of the molecule is C=Nc1ccccc1N(CCN1CCN(C(C)c2ccc(F)cc2)CC1)CSCC(=C)Nc1ccc(N)cc1Cl. The number of thioether (sulfide) groups is 1. The number of nitrogens with two attached hydrogens (primary N) is 1. The molecule has 6 nitrogen and oxygen atoms in total. The van der Waals surface area contributed by atoms with Crippen LogP contribution in [0.25, 0.3) is 0 Å². The van der Waals surface area contributed by atoms with Gasteiger partial charge in [-0.1, -0.05) is 42.4 Å². The number of hydrogen-bond acceptors (Lipinski definition) is 7. The molecule has 212 valence electrons. The normalized spacial score (nSPS) is 15.0. The van der Waals surface area contributed by atoms with Gasteiger partial charge in [0, 0.05) is 62.4 Å². The lowest BCUT2D eigenvalue weighted by Crippen LogP contribution is -2.49. The molecule has 0 spiro atoms. The molecular formula is C31H38ClFN6S. The molecule has 0 saturated carbocycles. The second-order valence-electron chi connectivity index (χ2n) is 9.96. The maximum atomic E-state index is 13.3. The van der Waals surface area contributed by atoms with Crippen molar-refractivity contribution in [3.8, 4) is 0 Å². The molecule has 1 aliphatic rings. The van der Waals surface area contributed by atoms with Gasteiger partial charge < -0.3 is 16.0 Å². The highest BCUT2D eigenvalue weighted by molar-refractivity contribution is 7.99. The smallest absolute Gasteiger partial charge is 0.123 e. The van der Waals surface area contributed by atoms with Crippen molar-refractivity contribution in [1.82, 2.24) is 9.80 Å². The molecule has 1 aliphatic heterocycles. The molecule has 0 aliphatic carbocycles. The second-order valence-corrected chi connectivity index (χ2v) is 11.3. The fourth-order valence-electron chi connectivity index (χ4n) is 4.85. The molecule has 1 heterocycles. The first-order valence-electron chi connectivity index (χ1n) is 13.4. The van der Waals surface area contributed by atoms with E-state index in [9.17, 15) is 4.39 Å². The highest BCUT2D eigenvalue weighted by atomic mass is 35.5. The Morgan fingerprint density at radius 1 is 1.12 bits per heavy atom. The molecule has 0 bridgehead atoms. The molecule has 4 rings (SSSR count). The van der Waals surface area contributed by atoms with E-state index in [1.165, 1.54) is 0 Å². The van der Waals surface area contributed by atoms with Crippen LogP contribution in [0.1, 0.15) is 18.5 Å². The number of benzene rings is 3. The molecule has 1 unspecified atom stereocenters. The minimum Gasteiger partial charge on any atom is -0.399 e. The second kappa shape index (κ2) is 14.6. The summed E-state index contributed by atoms with van der Waals surface area (Å²) >= 11 is 8.10. The molecule has 0 amide bonds. The standard InChI is InChI=1S/C31H38ClFN6S/c1-23(36-29-13-12-27(34)20-28(29)32)21-40-22-39(31-7-5-4-6-30(31)35-3)19-16-37-14-17-38(18-15-37)24(2)25-8-10-26(33)11-9-25/h4-13,20,24,36H,1,3,14-19,21-22,34H2,2H3. The van der Waals surface area contributed by atoms with Gasteiger partial charge in [-0.2, -0.15) is 0 Å². The van der Waals surface area contributed by atoms with E-state index in [0.29, 0.717) is 10.7 Å². The summed E-state index contributed by atoms with van der Waals surface area (Å²) in [5, 5.41) is 3.88. The average Bonchev–Trinajstić information content (AvgIpc) is 2.96. The highest BCUT2D eigenvalue weighted by Gasteiger charge is 2.23. The van der Waals surface area contributed by atoms with Crippen LogP contribution in [-0.2, 0) is 0 Å². The molecule has 0 aromatic heterocycles. The van der Waals surface area contributed by atoms with Crippen LogP contribution in [0.4, 0.5) is 27.1 Å². The van der Waals surface area contributed by atoms with E-state index < -0.39 is 0 Å². The number of halogens is 2. The predicted molar refractivity (Wildman–Crippen MR) is 172 cm³/mol. The number of aliphatic imine (C=N–C) groups is 1. The van der Waals surface area contributed by atoms with E-state index >= 15 is 0 Å². The zero-order valence-electron chi connectivity index (χ0n) is 23.0. The third-order valence-corrected chi connectivity index (χ3v) is 8.57. The zero-order chi connectivity index (χ0) is 28.5. The molecule has 3 N–H and O–H groups in total. The lowest BCUT2D eigenvalue weighted by molar-refractivity contribution is 0.104. The maximum Gasteiger partial charge on any atom is 0.123 e. The lowest BCUT2D eigenvalue weighted by Gasteiger charge is -2.39. The number of nitrogen functional groups attached to an aromatic ring is 1. The van der Waals surface area contributed by atoms with Crippen LogP contribution < -0.4 is 16.0 Å². The number of nitrogens with one attached hydrogen (secondary N) is 1. The van der Waals surface area contributed by atoms with Crippen molar-refractivity contribution in [2.45, 2.75) is 13.0 Å². The molecule has 3 aromatic rings. The van der Waals surface area contributed by atoms with Crippen molar-refractivity contribution >= 4 is 52.8 Å². The first-order valence-corrected chi connectivity index (χ1v) is 15.0. The summed E-state index contributed by atoms with van der Waals surface area (Å²) in [4.78, 5) is 11.6. The predicted octanol–water partition coefficient (Wildman–Crippen LogP) is 6.90. The van der Waals surface area contributed by atoms with Crippen molar-refractivity contribution in [2.75, 3.05) is 66.8 Å². The van der Waals surface area contributed by atoms with Crippen molar-refractivity contribution in [3.63, 3.8) is 0 Å². The van der Waals surface area contributed by atoms with Crippen LogP contribution in [0.15, 0.2) is 84.0 Å². The first kappa shape index (κ1) is 29.9. The summed E-state index contributed by atoms with van der Waals surface area (Å²) in [6.45, 7) is 15.9. The van der Waals surface area contributed by atoms with Gasteiger partial charge in [0.15, 0.2) is 0 Å². The van der Waals surface area contributed by atoms with E-state index in [4.69, 9.17) is 17.3 Å². The number of hydrogen-bond donors (Lipinski definition) is 2. The third kappa shape index (κ3) is 8.24. The Morgan fingerprint density at radius 2 is 1.85 bits per heavy atom. The van der Waals surface area contributed by atoms with Crippen LogP contribution in [-0.4, -0.2) is 67.4 Å². The molecule has 3 aromatic carbocycles. The van der Waals surface area contributed by atoms with Gasteiger partial charge in [0.25, 0.3) is 0 Å². The fraction of sp³-hybridized carbons (Fsp3) is 0.323. The Hall–Kier alpha value is -3.04. The lowest BCUT2D eigenvalue weighted by atomic mass is 10.1. The number of anilines is 3. The quantitative estimate of drug-likeness (QED) is 0.130.